The van der Waals surface area contributed by atoms with Gasteiger partial charge in [-0.05, 0) is 31.2 Å². The van der Waals surface area contributed by atoms with Crippen molar-refractivity contribution in [2.75, 3.05) is 11.6 Å². The molecule has 0 radical (unpaired) electrons. The van der Waals surface area contributed by atoms with E-state index in [1.165, 1.54) is 35.9 Å². The number of thiazole rings is 1. The zero-order valence-corrected chi connectivity index (χ0v) is 12.1. The molecule has 0 saturated heterocycles. The van der Waals surface area contributed by atoms with Crippen molar-refractivity contribution in [2.24, 2.45) is 0 Å². The average molecular weight is 291 g/mol. The minimum Gasteiger partial charge on any atom is -0.298 e. The van der Waals surface area contributed by atoms with Crippen molar-refractivity contribution in [3.63, 3.8) is 0 Å². The highest BCUT2D eigenvalue weighted by molar-refractivity contribution is 7.98. The lowest BCUT2D eigenvalue weighted by Gasteiger charge is -2.05. The number of aromatic nitrogens is 2. The molecular formula is C13H13N3OS2. The quantitative estimate of drug-likeness (QED) is 0.877. The maximum atomic E-state index is 12.2. The number of pyridine rings is 1. The van der Waals surface area contributed by atoms with Crippen molar-refractivity contribution in [3.8, 4) is 0 Å². The number of hydrogen-bond acceptors (Lipinski definition) is 5. The first kappa shape index (κ1) is 12.6. The fraction of sp³-hybridized carbons (Fsp3) is 0.308. The van der Waals surface area contributed by atoms with E-state index in [1.807, 2.05) is 11.6 Å². The molecule has 6 heteroatoms. The van der Waals surface area contributed by atoms with Gasteiger partial charge in [-0.15, -0.1) is 23.1 Å². The van der Waals surface area contributed by atoms with Gasteiger partial charge in [0.1, 0.15) is 5.03 Å². The summed E-state index contributed by atoms with van der Waals surface area (Å²) in [5.74, 6) is 0.469. The molecule has 1 aliphatic rings. The smallest absolute Gasteiger partial charge is 0.260 e. The summed E-state index contributed by atoms with van der Waals surface area (Å²) in [7, 11) is 0. The van der Waals surface area contributed by atoms with Gasteiger partial charge in [-0.1, -0.05) is 0 Å². The highest BCUT2D eigenvalue weighted by atomic mass is 32.2. The first-order valence-electron chi connectivity index (χ1n) is 6.03. The lowest BCUT2D eigenvalue weighted by molar-refractivity contribution is 0.102. The van der Waals surface area contributed by atoms with Gasteiger partial charge < -0.3 is 0 Å². The Kier molecular flexibility index (Phi) is 3.52. The van der Waals surface area contributed by atoms with Crippen LogP contribution in [0, 0.1) is 0 Å². The van der Waals surface area contributed by atoms with Crippen LogP contribution in [0.25, 0.3) is 0 Å². The van der Waals surface area contributed by atoms with Gasteiger partial charge in [-0.3, -0.25) is 10.1 Å². The number of hydrogen-bond donors (Lipinski definition) is 1. The number of thioether (sulfide) groups is 1. The highest BCUT2D eigenvalue weighted by Gasteiger charge is 2.26. The van der Waals surface area contributed by atoms with Gasteiger partial charge in [0.2, 0.25) is 0 Å². The molecule has 0 atom stereocenters. The molecule has 1 aliphatic carbocycles. The molecule has 0 aromatic carbocycles. The molecule has 19 heavy (non-hydrogen) atoms. The Bertz CT molecular complexity index is 607. The standard InChI is InChI=1S/C13H13N3OS2/c1-18-12-9(3-2-6-14-12)11(17)16-13-15-10(7-19-13)8-4-5-8/h2-3,6-8H,4-5H2,1H3,(H,15,16,17). The van der Waals surface area contributed by atoms with Crippen LogP contribution in [0.3, 0.4) is 0 Å². The van der Waals surface area contributed by atoms with Crippen molar-refractivity contribution >= 4 is 34.1 Å². The fourth-order valence-corrected chi connectivity index (χ4v) is 3.14. The van der Waals surface area contributed by atoms with E-state index in [-0.39, 0.29) is 5.91 Å². The van der Waals surface area contributed by atoms with E-state index in [4.69, 9.17) is 0 Å². The van der Waals surface area contributed by atoms with Crippen molar-refractivity contribution in [1.82, 2.24) is 9.97 Å². The molecule has 3 rings (SSSR count). The van der Waals surface area contributed by atoms with Crippen LogP contribution in [0.2, 0.25) is 0 Å². The van der Waals surface area contributed by atoms with Gasteiger partial charge in [0.25, 0.3) is 5.91 Å². The summed E-state index contributed by atoms with van der Waals surface area (Å²) in [5, 5.41) is 6.29. The van der Waals surface area contributed by atoms with Gasteiger partial charge in [-0.25, -0.2) is 9.97 Å². The summed E-state index contributed by atoms with van der Waals surface area (Å²) < 4.78 is 0. The number of nitrogens with one attached hydrogen (secondary N) is 1. The monoisotopic (exact) mass is 291 g/mol. The molecule has 98 valence electrons. The summed E-state index contributed by atoms with van der Waals surface area (Å²) in [6.45, 7) is 0. The van der Waals surface area contributed by atoms with Gasteiger partial charge in [0, 0.05) is 17.5 Å². The van der Waals surface area contributed by atoms with Crippen LogP contribution in [0.15, 0.2) is 28.7 Å². The molecule has 2 heterocycles. The van der Waals surface area contributed by atoms with Gasteiger partial charge in [0.05, 0.1) is 11.3 Å². The van der Waals surface area contributed by atoms with Crippen LogP contribution < -0.4 is 5.32 Å². The van der Waals surface area contributed by atoms with E-state index in [0.29, 0.717) is 16.6 Å². The maximum absolute atomic E-state index is 12.2. The van der Waals surface area contributed by atoms with Gasteiger partial charge >= 0.3 is 0 Å². The predicted octanol–water partition coefficient (Wildman–Crippen LogP) is 3.39. The lowest BCUT2D eigenvalue weighted by atomic mass is 10.3. The van der Waals surface area contributed by atoms with E-state index >= 15 is 0 Å². The topological polar surface area (TPSA) is 54.9 Å². The second-order valence-electron chi connectivity index (χ2n) is 4.37. The molecular weight excluding hydrogens is 278 g/mol. The van der Waals surface area contributed by atoms with E-state index in [9.17, 15) is 4.79 Å². The number of rotatable bonds is 4. The zero-order chi connectivity index (χ0) is 13.2. The Hall–Kier alpha value is -1.40. The van der Waals surface area contributed by atoms with E-state index < -0.39 is 0 Å². The molecule has 1 N–H and O–H groups in total. The summed E-state index contributed by atoms with van der Waals surface area (Å²) >= 11 is 2.95. The number of carbonyl (C=O) groups is 1. The minimum absolute atomic E-state index is 0.144. The number of amides is 1. The second kappa shape index (κ2) is 5.30. The summed E-state index contributed by atoms with van der Waals surface area (Å²) in [6.07, 6.45) is 6.04. The Morgan fingerprint density at radius 1 is 1.53 bits per heavy atom. The SMILES string of the molecule is CSc1ncccc1C(=O)Nc1nc(C2CC2)cs1. The number of anilines is 1. The fourth-order valence-electron chi connectivity index (χ4n) is 1.80. The lowest BCUT2D eigenvalue weighted by Crippen LogP contribution is -2.13. The van der Waals surface area contributed by atoms with E-state index in [2.05, 4.69) is 15.3 Å². The van der Waals surface area contributed by atoms with E-state index in [1.54, 1.807) is 18.3 Å². The predicted molar refractivity (Wildman–Crippen MR) is 78.1 cm³/mol. The van der Waals surface area contributed by atoms with Crippen LogP contribution in [0.4, 0.5) is 5.13 Å². The Balaban J connectivity index is 1.76. The van der Waals surface area contributed by atoms with Crippen molar-refractivity contribution in [1.29, 1.82) is 0 Å². The molecule has 0 bridgehead atoms. The Morgan fingerprint density at radius 2 is 2.37 bits per heavy atom. The first-order chi connectivity index (χ1) is 9.28. The normalized spacial score (nSPS) is 14.4. The van der Waals surface area contributed by atoms with E-state index in [0.717, 1.165) is 10.7 Å². The van der Waals surface area contributed by atoms with Crippen LogP contribution in [-0.2, 0) is 0 Å². The molecule has 0 unspecified atom stereocenters. The summed E-state index contributed by atoms with van der Waals surface area (Å²) in [6, 6.07) is 3.55. The van der Waals surface area contributed by atoms with Crippen molar-refractivity contribution in [3.05, 3.63) is 35.0 Å². The number of nitrogens with zero attached hydrogens (tertiary/aromatic N) is 2. The summed E-state index contributed by atoms with van der Waals surface area (Å²) in [5.41, 5.74) is 1.70. The molecule has 2 aromatic heterocycles. The maximum Gasteiger partial charge on any atom is 0.260 e. The molecule has 4 nitrogen and oxygen atoms in total. The molecule has 1 saturated carbocycles. The third-order valence-corrected chi connectivity index (χ3v) is 4.44. The molecule has 1 fully saturated rings. The second-order valence-corrected chi connectivity index (χ2v) is 6.02. The molecule has 1 amide bonds. The van der Waals surface area contributed by atoms with Gasteiger partial charge in [0.15, 0.2) is 5.13 Å². The van der Waals surface area contributed by atoms with Crippen molar-refractivity contribution in [2.45, 2.75) is 23.8 Å². The molecule has 0 aliphatic heterocycles. The van der Waals surface area contributed by atoms with Crippen LogP contribution in [-0.4, -0.2) is 22.1 Å². The Labute approximate surface area is 119 Å². The van der Waals surface area contributed by atoms with Crippen LogP contribution in [0.5, 0.6) is 0 Å². The number of carbonyl (C=O) groups excluding carboxylic acids is 1. The highest BCUT2D eigenvalue weighted by Crippen LogP contribution is 2.40. The van der Waals surface area contributed by atoms with Crippen LogP contribution in [0.1, 0.15) is 34.8 Å². The summed E-state index contributed by atoms with van der Waals surface area (Å²) in [4.78, 5) is 20.8. The molecule has 2 aromatic rings. The molecule has 0 spiro atoms. The third-order valence-electron chi connectivity index (χ3n) is 2.95. The van der Waals surface area contributed by atoms with Crippen molar-refractivity contribution < 1.29 is 4.79 Å². The zero-order valence-electron chi connectivity index (χ0n) is 10.4. The third kappa shape index (κ3) is 2.79. The Morgan fingerprint density at radius 3 is 3.11 bits per heavy atom. The minimum atomic E-state index is -0.144. The largest absolute Gasteiger partial charge is 0.298 e. The average Bonchev–Trinajstić information content (AvgIpc) is 3.19. The van der Waals surface area contributed by atoms with Gasteiger partial charge in [-0.2, -0.15) is 0 Å². The first-order valence-corrected chi connectivity index (χ1v) is 8.14. The van der Waals surface area contributed by atoms with Crippen LogP contribution >= 0.6 is 23.1 Å².